The zero-order chi connectivity index (χ0) is 25.7. The normalized spacial score (nSPS) is 12.5. The van der Waals surface area contributed by atoms with Crippen molar-refractivity contribution in [3.63, 3.8) is 0 Å². The molecular weight excluding hydrogens is 458 g/mol. The Morgan fingerprint density at radius 2 is 1.69 bits per heavy atom. The molecule has 8 nitrogen and oxygen atoms in total. The summed E-state index contributed by atoms with van der Waals surface area (Å²) in [6.07, 6.45) is 1.12. The molecule has 0 radical (unpaired) electrons. The smallest absolute Gasteiger partial charge is 0.412 e. The number of ether oxygens (including phenoxy) is 1. The number of carboxylic acids is 1. The number of aliphatic carboxylic acids is 1. The molecule has 4 rings (SSSR count). The highest BCUT2D eigenvalue weighted by Crippen LogP contribution is 2.32. The van der Waals surface area contributed by atoms with Crippen molar-refractivity contribution in [1.29, 1.82) is 0 Å². The van der Waals surface area contributed by atoms with Crippen molar-refractivity contribution in [2.45, 2.75) is 39.2 Å². The van der Waals surface area contributed by atoms with E-state index in [4.69, 9.17) is 9.26 Å². The monoisotopic (exact) mass is 485 g/mol. The number of aryl methyl sites for hydroxylation is 1. The number of carboxylic acid groups (broad SMARTS) is 1. The minimum atomic E-state index is -0.835. The molecule has 0 aliphatic heterocycles. The first-order chi connectivity index (χ1) is 17.4. The van der Waals surface area contributed by atoms with Crippen molar-refractivity contribution in [2.24, 2.45) is 0 Å². The Morgan fingerprint density at radius 1 is 1.00 bits per heavy atom. The minimum absolute atomic E-state index is 0.374. The van der Waals surface area contributed by atoms with E-state index in [2.05, 4.69) is 15.5 Å². The average Bonchev–Trinajstić information content (AvgIpc) is 3.25. The van der Waals surface area contributed by atoms with Gasteiger partial charge in [-0.05, 0) is 43.5 Å². The highest BCUT2D eigenvalue weighted by atomic mass is 16.6. The Hall–Kier alpha value is -4.46. The van der Waals surface area contributed by atoms with Crippen LogP contribution in [0.15, 0.2) is 77.4 Å². The number of anilines is 1. The fourth-order valence-electron chi connectivity index (χ4n) is 3.94. The van der Waals surface area contributed by atoms with E-state index in [1.807, 2.05) is 73.7 Å². The molecule has 1 unspecified atom stereocenters. The van der Waals surface area contributed by atoms with Gasteiger partial charge in [0.1, 0.15) is 17.5 Å². The summed E-state index contributed by atoms with van der Waals surface area (Å²) in [6, 6.07) is 20.5. The van der Waals surface area contributed by atoms with E-state index in [9.17, 15) is 14.7 Å². The number of amides is 1. The molecule has 4 aromatic rings. The van der Waals surface area contributed by atoms with Crippen LogP contribution >= 0.6 is 0 Å². The van der Waals surface area contributed by atoms with Gasteiger partial charge in [0.2, 0.25) is 0 Å². The van der Waals surface area contributed by atoms with Gasteiger partial charge in [-0.1, -0.05) is 66.7 Å². The van der Waals surface area contributed by atoms with Crippen LogP contribution in [-0.2, 0) is 9.53 Å². The number of carbonyl (C=O) groups is 2. The highest BCUT2D eigenvalue weighted by molar-refractivity contribution is 5.90. The second kappa shape index (κ2) is 10.9. The summed E-state index contributed by atoms with van der Waals surface area (Å²) in [7, 11) is 0. The molecule has 1 amide bonds. The molecule has 0 saturated heterocycles. The van der Waals surface area contributed by atoms with Gasteiger partial charge in [-0.15, -0.1) is 0 Å². The van der Waals surface area contributed by atoms with E-state index in [1.54, 1.807) is 20.0 Å². The lowest BCUT2D eigenvalue weighted by Crippen LogP contribution is -2.16. The molecule has 0 spiro atoms. The zero-order valence-electron chi connectivity index (χ0n) is 20.3. The Kier molecular flexibility index (Phi) is 7.44. The van der Waals surface area contributed by atoms with Crippen molar-refractivity contribution in [3.05, 3.63) is 89.7 Å². The van der Waals surface area contributed by atoms with Crippen LogP contribution in [-0.4, -0.2) is 27.3 Å². The number of hydrogen-bond acceptors (Lipinski definition) is 6. The van der Waals surface area contributed by atoms with Crippen LogP contribution in [0.4, 0.5) is 10.5 Å². The number of aromatic nitrogens is 2. The summed E-state index contributed by atoms with van der Waals surface area (Å²) in [5.74, 6) is -0.992. The molecule has 0 aliphatic rings. The van der Waals surface area contributed by atoms with E-state index in [1.165, 1.54) is 0 Å². The number of hydrogen-bond donors (Lipinski definition) is 2. The maximum Gasteiger partial charge on any atom is 0.412 e. The number of benzene rings is 2. The van der Waals surface area contributed by atoms with Gasteiger partial charge in [0.15, 0.2) is 5.76 Å². The average molecular weight is 486 g/mol. The second-order valence-electron chi connectivity index (χ2n) is 8.41. The van der Waals surface area contributed by atoms with E-state index in [0.717, 1.165) is 22.4 Å². The summed E-state index contributed by atoms with van der Waals surface area (Å²) in [4.78, 5) is 28.5. The van der Waals surface area contributed by atoms with Crippen LogP contribution in [0.1, 0.15) is 49.1 Å². The molecule has 2 aromatic heterocycles. The van der Waals surface area contributed by atoms with Gasteiger partial charge >= 0.3 is 12.1 Å². The van der Waals surface area contributed by atoms with Gasteiger partial charge in [-0.25, -0.2) is 4.79 Å². The van der Waals surface area contributed by atoms with Gasteiger partial charge in [0.25, 0.3) is 0 Å². The molecule has 8 heteroatoms. The quantitative estimate of drug-likeness (QED) is 0.289. The molecule has 36 heavy (non-hydrogen) atoms. The summed E-state index contributed by atoms with van der Waals surface area (Å²) in [6.45, 7) is 5.38. The lowest BCUT2D eigenvalue weighted by Gasteiger charge is -2.14. The molecule has 2 aromatic carbocycles. The van der Waals surface area contributed by atoms with Crippen molar-refractivity contribution in [3.8, 4) is 22.6 Å². The molecule has 0 saturated carbocycles. The van der Waals surface area contributed by atoms with Gasteiger partial charge in [-0.3, -0.25) is 15.1 Å². The van der Waals surface area contributed by atoms with Crippen molar-refractivity contribution in [2.75, 3.05) is 5.32 Å². The largest absolute Gasteiger partial charge is 0.481 e. The second-order valence-corrected chi connectivity index (χ2v) is 8.41. The molecule has 184 valence electrons. The molecule has 0 aliphatic carbocycles. The standard InChI is InChI=1S/C28H27N3O5/c1-4-23(27(32)33)20-10-12-21(13-11-20)24-15-14-22(16-29-24)26-25(17(2)31-36-26)30-28(34)35-18(3)19-8-6-5-7-9-19/h5-16,18,23H,4H2,1-3H3,(H,30,34)(H,32,33)/t18-,23?/m1/s1. The van der Waals surface area contributed by atoms with E-state index in [0.29, 0.717) is 29.1 Å². The number of nitrogens with one attached hydrogen (secondary N) is 1. The maximum absolute atomic E-state index is 12.6. The lowest BCUT2D eigenvalue weighted by atomic mass is 9.95. The van der Waals surface area contributed by atoms with Gasteiger partial charge in [0.05, 0.1) is 11.6 Å². The highest BCUT2D eigenvalue weighted by Gasteiger charge is 2.21. The Labute approximate surface area is 208 Å². The maximum atomic E-state index is 12.6. The van der Waals surface area contributed by atoms with Crippen LogP contribution in [0.5, 0.6) is 0 Å². The van der Waals surface area contributed by atoms with E-state index < -0.39 is 24.1 Å². The topological polar surface area (TPSA) is 115 Å². The Balaban J connectivity index is 1.48. The number of nitrogens with zero attached hydrogens (tertiary/aromatic N) is 2. The van der Waals surface area contributed by atoms with Crippen molar-refractivity contribution < 1.29 is 24.0 Å². The third-order valence-electron chi connectivity index (χ3n) is 5.98. The first-order valence-electron chi connectivity index (χ1n) is 11.7. The fraction of sp³-hybridized carbons (Fsp3) is 0.214. The van der Waals surface area contributed by atoms with Crippen molar-refractivity contribution in [1.82, 2.24) is 10.1 Å². The number of pyridine rings is 1. The number of carbonyl (C=O) groups excluding carboxylic acids is 1. The molecule has 2 heterocycles. The SMILES string of the molecule is CCC(C(=O)O)c1ccc(-c2ccc(-c3onc(C)c3NC(=O)O[C@H](C)c3ccccc3)cn2)cc1. The van der Waals surface area contributed by atoms with Crippen LogP contribution in [0.3, 0.4) is 0 Å². The van der Waals surface area contributed by atoms with Gasteiger partial charge < -0.3 is 14.4 Å². The Bertz CT molecular complexity index is 1330. The summed E-state index contributed by atoms with van der Waals surface area (Å²) in [5, 5.41) is 16.1. The number of rotatable bonds is 8. The van der Waals surface area contributed by atoms with Crippen molar-refractivity contribution >= 4 is 17.7 Å². The molecule has 0 bridgehead atoms. The zero-order valence-corrected chi connectivity index (χ0v) is 20.3. The Morgan fingerprint density at radius 3 is 2.31 bits per heavy atom. The first kappa shape index (κ1) is 24.7. The van der Waals surface area contributed by atoms with Gasteiger partial charge in [0, 0.05) is 17.3 Å². The van der Waals surface area contributed by atoms with Crippen LogP contribution < -0.4 is 5.32 Å². The van der Waals surface area contributed by atoms with E-state index >= 15 is 0 Å². The predicted octanol–water partition coefficient (Wildman–Crippen LogP) is 6.60. The summed E-state index contributed by atoms with van der Waals surface area (Å²) in [5.41, 5.74) is 4.78. The predicted molar refractivity (Wildman–Crippen MR) is 136 cm³/mol. The third kappa shape index (κ3) is 5.43. The van der Waals surface area contributed by atoms with Crippen LogP contribution in [0.25, 0.3) is 22.6 Å². The molecular formula is C28H27N3O5. The molecule has 0 fully saturated rings. The molecule has 2 atom stereocenters. The summed E-state index contributed by atoms with van der Waals surface area (Å²) < 4.78 is 11.0. The fourth-order valence-corrected chi connectivity index (χ4v) is 3.94. The van der Waals surface area contributed by atoms with Crippen LogP contribution in [0, 0.1) is 6.92 Å². The third-order valence-corrected chi connectivity index (χ3v) is 5.98. The first-order valence-corrected chi connectivity index (χ1v) is 11.7. The van der Waals surface area contributed by atoms with Crippen LogP contribution in [0.2, 0.25) is 0 Å². The van der Waals surface area contributed by atoms with Gasteiger partial charge in [-0.2, -0.15) is 0 Å². The summed E-state index contributed by atoms with van der Waals surface area (Å²) >= 11 is 0. The lowest BCUT2D eigenvalue weighted by molar-refractivity contribution is -0.138. The van der Waals surface area contributed by atoms with E-state index in [-0.39, 0.29) is 0 Å². The minimum Gasteiger partial charge on any atom is -0.481 e. The molecule has 2 N–H and O–H groups in total.